The highest BCUT2D eigenvalue weighted by molar-refractivity contribution is 7.93. The Morgan fingerprint density at radius 3 is 2.74 bits per heavy atom. The molecule has 2 aromatic heterocycles. The first kappa shape index (κ1) is 13.7. The van der Waals surface area contributed by atoms with Crippen LogP contribution in [0.1, 0.15) is 0 Å². The first-order valence-electron chi connectivity index (χ1n) is 6.94. The number of anilines is 1. The Bertz CT molecular complexity index is 1080. The zero-order chi connectivity index (χ0) is 15.9. The number of benzene rings is 2. The number of pyridine rings is 1. The lowest BCUT2D eigenvalue weighted by Crippen LogP contribution is -2.14. The Hall–Kier alpha value is -2.93. The molecule has 0 aliphatic heterocycles. The number of rotatable bonds is 3. The summed E-state index contributed by atoms with van der Waals surface area (Å²) < 4.78 is 27.9. The molecule has 0 radical (unpaired) electrons. The predicted molar refractivity (Wildman–Crippen MR) is 88.6 cm³/mol. The molecule has 0 unspecified atom stereocenters. The van der Waals surface area contributed by atoms with Crippen LogP contribution in [-0.4, -0.2) is 23.4 Å². The summed E-state index contributed by atoms with van der Waals surface area (Å²) in [4.78, 5) is 11.4. The van der Waals surface area contributed by atoms with Crippen LogP contribution in [0.25, 0.3) is 21.8 Å². The maximum absolute atomic E-state index is 12.7. The third-order valence-electron chi connectivity index (χ3n) is 3.55. The molecule has 0 saturated heterocycles. The molecule has 0 saturated carbocycles. The van der Waals surface area contributed by atoms with Crippen molar-refractivity contribution >= 4 is 37.8 Å². The molecule has 23 heavy (non-hydrogen) atoms. The first-order valence-corrected chi connectivity index (χ1v) is 8.42. The number of fused-ring (bicyclic) bond motifs is 2. The van der Waals surface area contributed by atoms with Crippen molar-refractivity contribution in [3.63, 3.8) is 0 Å². The van der Waals surface area contributed by atoms with Crippen molar-refractivity contribution in [3.8, 4) is 0 Å². The van der Waals surface area contributed by atoms with Crippen molar-refractivity contribution in [3.05, 3.63) is 60.9 Å². The molecule has 2 aromatic carbocycles. The summed E-state index contributed by atoms with van der Waals surface area (Å²) in [5.74, 6) is 0.192. The lowest BCUT2D eigenvalue weighted by atomic mass is 10.2. The number of hydrogen-bond donors (Lipinski definition) is 2. The Balaban J connectivity index is 1.80. The average Bonchev–Trinajstić information content (AvgIpc) is 2.95. The fourth-order valence-corrected chi connectivity index (χ4v) is 3.70. The van der Waals surface area contributed by atoms with Crippen LogP contribution in [0, 0.1) is 0 Å². The summed E-state index contributed by atoms with van der Waals surface area (Å²) in [6.07, 6.45) is 3.21. The van der Waals surface area contributed by atoms with Crippen molar-refractivity contribution in [1.82, 2.24) is 15.0 Å². The number of hydrogen-bond acceptors (Lipinski definition) is 4. The van der Waals surface area contributed by atoms with E-state index in [4.69, 9.17) is 0 Å². The van der Waals surface area contributed by atoms with Crippen LogP contribution < -0.4 is 4.72 Å². The maximum Gasteiger partial charge on any atom is 0.264 e. The van der Waals surface area contributed by atoms with Crippen LogP contribution in [0.3, 0.4) is 0 Å². The zero-order valence-electron chi connectivity index (χ0n) is 11.9. The monoisotopic (exact) mass is 324 g/mol. The quantitative estimate of drug-likeness (QED) is 0.606. The van der Waals surface area contributed by atoms with Gasteiger partial charge in [0, 0.05) is 23.2 Å². The molecule has 114 valence electrons. The fourth-order valence-electron chi connectivity index (χ4n) is 2.51. The van der Waals surface area contributed by atoms with E-state index in [1.807, 2.05) is 30.3 Å². The van der Waals surface area contributed by atoms with Crippen LogP contribution in [0.2, 0.25) is 0 Å². The van der Waals surface area contributed by atoms with Crippen LogP contribution in [0.5, 0.6) is 0 Å². The normalized spacial score (nSPS) is 11.8. The lowest BCUT2D eigenvalue weighted by Gasteiger charge is -2.08. The van der Waals surface area contributed by atoms with Gasteiger partial charge in [0.05, 0.1) is 15.9 Å². The number of nitrogens with zero attached hydrogens (tertiary/aromatic N) is 2. The highest BCUT2D eigenvalue weighted by Gasteiger charge is 2.19. The molecule has 0 bridgehead atoms. The van der Waals surface area contributed by atoms with Crippen molar-refractivity contribution in [2.45, 2.75) is 4.90 Å². The van der Waals surface area contributed by atoms with Gasteiger partial charge in [-0.3, -0.25) is 4.98 Å². The Morgan fingerprint density at radius 1 is 1.00 bits per heavy atom. The summed E-state index contributed by atoms with van der Waals surface area (Å²) in [7, 11) is -3.76. The minimum atomic E-state index is -3.76. The molecule has 2 N–H and O–H groups in total. The molecule has 2 heterocycles. The van der Waals surface area contributed by atoms with E-state index in [0.717, 1.165) is 10.9 Å². The van der Waals surface area contributed by atoms with Gasteiger partial charge in [-0.15, -0.1) is 0 Å². The molecule has 6 nitrogen and oxygen atoms in total. The molecular weight excluding hydrogens is 312 g/mol. The number of aromatic nitrogens is 3. The van der Waals surface area contributed by atoms with Gasteiger partial charge in [0.25, 0.3) is 10.0 Å². The van der Waals surface area contributed by atoms with Gasteiger partial charge in [-0.25, -0.2) is 18.1 Å². The van der Waals surface area contributed by atoms with Gasteiger partial charge in [-0.2, -0.15) is 0 Å². The van der Waals surface area contributed by atoms with E-state index in [1.165, 1.54) is 0 Å². The van der Waals surface area contributed by atoms with Crippen molar-refractivity contribution in [2.75, 3.05) is 4.72 Å². The topological polar surface area (TPSA) is 87.7 Å². The zero-order valence-corrected chi connectivity index (χ0v) is 12.7. The molecule has 4 rings (SSSR count). The Labute approximate surface area is 132 Å². The minimum absolute atomic E-state index is 0.192. The average molecular weight is 324 g/mol. The second-order valence-electron chi connectivity index (χ2n) is 5.06. The predicted octanol–water partition coefficient (Wildman–Crippen LogP) is 2.91. The summed E-state index contributed by atoms with van der Waals surface area (Å²) in [5, 5.41) is 1.38. The molecule has 0 spiro atoms. The van der Waals surface area contributed by atoms with E-state index in [9.17, 15) is 8.42 Å². The number of aromatic amines is 1. The molecule has 0 aliphatic carbocycles. The minimum Gasteiger partial charge on any atom is -0.323 e. The van der Waals surface area contributed by atoms with E-state index in [1.54, 1.807) is 30.6 Å². The number of para-hydroxylation sites is 2. The molecule has 0 fully saturated rings. The first-order chi connectivity index (χ1) is 11.1. The van der Waals surface area contributed by atoms with Crippen molar-refractivity contribution < 1.29 is 8.42 Å². The van der Waals surface area contributed by atoms with E-state index >= 15 is 0 Å². The summed E-state index contributed by atoms with van der Waals surface area (Å²) >= 11 is 0. The molecular formula is C16H12N4O2S. The second-order valence-corrected chi connectivity index (χ2v) is 6.71. The summed E-state index contributed by atoms with van der Waals surface area (Å²) in [6, 6.07) is 14.1. The van der Waals surface area contributed by atoms with Crippen LogP contribution in [-0.2, 0) is 10.0 Å². The van der Waals surface area contributed by atoms with Gasteiger partial charge < -0.3 is 4.98 Å². The molecule has 0 amide bonds. The van der Waals surface area contributed by atoms with Crippen molar-refractivity contribution in [1.29, 1.82) is 0 Å². The van der Waals surface area contributed by atoms with E-state index in [2.05, 4.69) is 19.7 Å². The van der Waals surface area contributed by atoms with Gasteiger partial charge >= 0.3 is 0 Å². The third kappa shape index (κ3) is 2.40. The van der Waals surface area contributed by atoms with Gasteiger partial charge in [0.15, 0.2) is 0 Å². The fraction of sp³-hybridized carbons (Fsp3) is 0. The van der Waals surface area contributed by atoms with Crippen LogP contribution in [0.15, 0.2) is 65.8 Å². The number of sulfonamides is 1. The molecule has 0 aliphatic rings. The highest BCUT2D eigenvalue weighted by atomic mass is 32.2. The van der Waals surface area contributed by atoms with Gasteiger partial charge in [-0.05, 0) is 24.3 Å². The maximum atomic E-state index is 12.7. The summed E-state index contributed by atoms with van der Waals surface area (Å²) in [6.45, 7) is 0. The molecule has 0 atom stereocenters. The molecule has 4 aromatic rings. The van der Waals surface area contributed by atoms with Gasteiger partial charge in [-0.1, -0.05) is 24.3 Å². The van der Waals surface area contributed by atoms with E-state index in [0.29, 0.717) is 10.9 Å². The summed E-state index contributed by atoms with van der Waals surface area (Å²) in [5.41, 5.74) is 1.47. The van der Waals surface area contributed by atoms with E-state index in [-0.39, 0.29) is 10.8 Å². The SMILES string of the molecule is O=S(=O)(Nc1nc2ccccc2[nH]1)c1cccc2cnccc12. The molecule has 7 heteroatoms. The smallest absolute Gasteiger partial charge is 0.264 e. The Kier molecular flexibility index (Phi) is 3.02. The van der Waals surface area contributed by atoms with E-state index < -0.39 is 10.0 Å². The van der Waals surface area contributed by atoms with Crippen molar-refractivity contribution in [2.24, 2.45) is 0 Å². The van der Waals surface area contributed by atoms with Gasteiger partial charge in [0.1, 0.15) is 0 Å². The Morgan fingerprint density at radius 2 is 1.87 bits per heavy atom. The van der Waals surface area contributed by atoms with Crippen LogP contribution in [0.4, 0.5) is 5.95 Å². The number of imidazole rings is 1. The highest BCUT2D eigenvalue weighted by Crippen LogP contribution is 2.24. The number of nitrogens with one attached hydrogen (secondary N) is 2. The number of H-pyrrole nitrogens is 1. The van der Waals surface area contributed by atoms with Gasteiger partial charge in [0.2, 0.25) is 5.95 Å². The standard InChI is InChI=1S/C16H12N4O2S/c21-23(22,15-7-3-4-11-10-17-9-8-12(11)15)20-16-18-13-5-1-2-6-14(13)19-16/h1-10H,(H2,18,19,20). The van der Waals surface area contributed by atoms with Crippen LogP contribution >= 0.6 is 0 Å². The second kappa shape index (κ2) is 5.06. The largest absolute Gasteiger partial charge is 0.323 e. The lowest BCUT2D eigenvalue weighted by molar-refractivity contribution is 0.601. The third-order valence-corrected chi connectivity index (χ3v) is 4.95.